The van der Waals surface area contributed by atoms with Crippen LogP contribution in [0.1, 0.15) is 5.56 Å². The largest absolute Gasteiger partial charge is 0.494 e. The topological polar surface area (TPSA) is 49.9 Å². The van der Waals surface area contributed by atoms with Gasteiger partial charge in [0.05, 0.1) is 27.4 Å². The van der Waals surface area contributed by atoms with Gasteiger partial charge in [-0.05, 0) is 92.1 Å². The number of halogens is 2. The minimum atomic E-state index is -0.485. The first kappa shape index (κ1) is 22.4. The molecule has 2 amide bonds. The van der Waals surface area contributed by atoms with Gasteiger partial charge in [-0.2, -0.15) is 0 Å². The summed E-state index contributed by atoms with van der Waals surface area (Å²) in [6.07, 6.45) is 1.56. The SMILES string of the molecule is COc1c(Br)cc(C=C2C(=O)N(c3ccccc3)C(=S)N(c3ccccc3)C2=O)cc1Br. The van der Waals surface area contributed by atoms with Crippen molar-refractivity contribution in [2.45, 2.75) is 0 Å². The maximum Gasteiger partial charge on any atom is 0.270 e. The van der Waals surface area contributed by atoms with Crippen molar-refractivity contribution in [2.75, 3.05) is 16.9 Å². The van der Waals surface area contributed by atoms with Crippen LogP contribution in [0.2, 0.25) is 0 Å². The van der Waals surface area contributed by atoms with Crippen LogP contribution in [0.25, 0.3) is 6.08 Å². The van der Waals surface area contributed by atoms with E-state index in [9.17, 15) is 9.59 Å². The highest BCUT2D eigenvalue weighted by Gasteiger charge is 2.41. The highest BCUT2D eigenvalue weighted by Crippen LogP contribution is 2.36. The lowest BCUT2D eigenvalue weighted by atomic mass is 10.0. The van der Waals surface area contributed by atoms with Crippen molar-refractivity contribution >= 4 is 78.5 Å². The Balaban J connectivity index is 1.87. The lowest BCUT2D eigenvalue weighted by molar-refractivity contribution is -0.120. The number of hydrogen-bond donors (Lipinski definition) is 0. The van der Waals surface area contributed by atoms with Crippen molar-refractivity contribution in [2.24, 2.45) is 0 Å². The van der Waals surface area contributed by atoms with Gasteiger partial charge in [-0.3, -0.25) is 19.4 Å². The molecule has 0 spiro atoms. The van der Waals surface area contributed by atoms with Crippen molar-refractivity contribution in [3.63, 3.8) is 0 Å². The highest BCUT2D eigenvalue weighted by molar-refractivity contribution is 9.11. The third-order valence-corrected chi connectivity index (χ3v) is 6.36. The number of hydrogen-bond acceptors (Lipinski definition) is 4. The van der Waals surface area contributed by atoms with Crippen LogP contribution >= 0.6 is 44.1 Å². The fourth-order valence-electron chi connectivity index (χ4n) is 3.36. The number of methoxy groups -OCH3 is 1. The molecule has 0 N–H and O–H groups in total. The number of carbonyl (C=O) groups excluding carboxylic acids is 2. The molecule has 0 bridgehead atoms. The predicted molar refractivity (Wildman–Crippen MR) is 137 cm³/mol. The van der Waals surface area contributed by atoms with Gasteiger partial charge in [0.25, 0.3) is 11.8 Å². The number of amides is 2. The zero-order chi connectivity index (χ0) is 22.8. The Morgan fingerprint density at radius 3 is 1.66 bits per heavy atom. The molecule has 32 heavy (non-hydrogen) atoms. The van der Waals surface area contributed by atoms with Gasteiger partial charge in [-0.25, -0.2) is 0 Å². The first-order chi connectivity index (χ1) is 15.4. The normalized spacial score (nSPS) is 14.1. The Hall–Kier alpha value is -2.81. The number of nitrogens with zero attached hydrogens (tertiary/aromatic N) is 2. The average Bonchev–Trinajstić information content (AvgIpc) is 2.78. The molecule has 1 aliphatic heterocycles. The predicted octanol–water partition coefficient (Wildman–Crippen LogP) is 5.97. The fourth-order valence-corrected chi connectivity index (χ4v) is 5.29. The zero-order valence-corrected chi connectivity index (χ0v) is 20.8. The molecule has 3 aromatic carbocycles. The van der Waals surface area contributed by atoms with Crippen molar-refractivity contribution < 1.29 is 14.3 Å². The summed E-state index contributed by atoms with van der Waals surface area (Å²) in [4.78, 5) is 29.7. The molecule has 160 valence electrons. The Morgan fingerprint density at radius 1 is 0.812 bits per heavy atom. The second-order valence-electron chi connectivity index (χ2n) is 6.81. The molecule has 1 saturated heterocycles. The van der Waals surface area contributed by atoms with Crippen molar-refractivity contribution in [3.05, 3.63) is 92.9 Å². The van der Waals surface area contributed by atoms with Crippen LogP contribution in [0.3, 0.4) is 0 Å². The summed E-state index contributed by atoms with van der Waals surface area (Å²) in [6, 6.07) is 21.6. The van der Waals surface area contributed by atoms with E-state index in [0.29, 0.717) is 31.6 Å². The smallest absolute Gasteiger partial charge is 0.270 e. The molecule has 0 aromatic heterocycles. The molecular weight excluding hydrogens is 556 g/mol. The molecule has 8 heteroatoms. The molecule has 3 aromatic rings. The summed E-state index contributed by atoms with van der Waals surface area (Å²) in [5.74, 6) is -0.352. The second kappa shape index (κ2) is 9.36. The summed E-state index contributed by atoms with van der Waals surface area (Å²) in [7, 11) is 1.56. The van der Waals surface area contributed by atoms with E-state index in [1.807, 2.05) is 36.4 Å². The minimum Gasteiger partial charge on any atom is -0.494 e. The number of thiocarbonyl (C=S) groups is 1. The van der Waals surface area contributed by atoms with E-state index in [1.54, 1.807) is 49.6 Å². The number of anilines is 2. The third-order valence-electron chi connectivity index (χ3n) is 4.81. The molecule has 0 saturated carbocycles. The van der Waals surface area contributed by atoms with E-state index in [1.165, 1.54) is 9.80 Å². The van der Waals surface area contributed by atoms with E-state index in [2.05, 4.69) is 31.9 Å². The molecule has 4 rings (SSSR count). The Bertz CT molecular complexity index is 1160. The summed E-state index contributed by atoms with van der Waals surface area (Å²) in [6.45, 7) is 0. The average molecular weight is 572 g/mol. The monoisotopic (exact) mass is 570 g/mol. The molecule has 5 nitrogen and oxygen atoms in total. The van der Waals surface area contributed by atoms with E-state index in [0.717, 1.165) is 0 Å². The molecule has 1 heterocycles. The van der Waals surface area contributed by atoms with E-state index < -0.39 is 11.8 Å². The van der Waals surface area contributed by atoms with Crippen molar-refractivity contribution in [1.29, 1.82) is 0 Å². The molecule has 1 aliphatic rings. The standard InChI is InChI=1S/C24H16Br2N2O3S/c1-31-21-19(25)13-15(14-20(21)26)12-18-22(29)27(16-8-4-2-5-9-16)24(32)28(23(18)30)17-10-6-3-7-11-17/h2-14H,1H3. The lowest BCUT2D eigenvalue weighted by Gasteiger charge is -2.36. The molecule has 1 fully saturated rings. The first-order valence-corrected chi connectivity index (χ1v) is 11.5. The Labute approximate surface area is 207 Å². The van der Waals surface area contributed by atoms with Crippen LogP contribution in [-0.2, 0) is 9.59 Å². The molecule has 0 radical (unpaired) electrons. The molecule has 0 unspecified atom stereocenters. The van der Waals surface area contributed by atoms with E-state index >= 15 is 0 Å². The maximum atomic E-state index is 13.5. The number of benzene rings is 3. The number of rotatable bonds is 4. The minimum absolute atomic E-state index is 0.00438. The second-order valence-corrected chi connectivity index (χ2v) is 8.88. The van der Waals surface area contributed by atoms with Crippen LogP contribution in [0.5, 0.6) is 5.75 Å². The van der Waals surface area contributed by atoms with Gasteiger partial charge in [0, 0.05) is 0 Å². The third kappa shape index (κ3) is 4.13. The Morgan fingerprint density at radius 2 is 1.25 bits per heavy atom. The number of carbonyl (C=O) groups is 2. The summed E-state index contributed by atoms with van der Waals surface area (Å²) >= 11 is 12.5. The van der Waals surface area contributed by atoms with E-state index in [-0.39, 0.29) is 10.7 Å². The number of ether oxygens (including phenoxy) is 1. The first-order valence-electron chi connectivity index (χ1n) is 9.50. The van der Waals surface area contributed by atoms with Crippen LogP contribution in [0, 0.1) is 0 Å². The summed E-state index contributed by atoms with van der Waals surface area (Å²) < 4.78 is 6.72. The molecular formula is C24H16Br2N2O3S. The van der Waals surface area contributed by atoms with Crippen LogP contribution in [-0.4, -0.2) is 24.0 Å². The quantitative estimate of drug-likeness (QED) is 0.220. The fraction of sp³-hybridized carbons (Fsp3) is 0.0417. The van der Waals surface area contributed by atoms with Crippen molar-refractivity contribution in [1.82, 2.24) is 0 Å². The summed E-state index contributed by atoms with van der Waals surface area (Å²) in [5, 5.41) is 0.103. The van der Waals surface area contributed by atoms with Gasteiger partial charge in [0.15, 0.2) is 5.11 Å². The van der Waals surface area contributed by atoms with Crippen LogP contribution in [0.4, 0.5) is 11.4 Å². The summed E-state index contributed by atoms with van der Waals surface area (Å²) in [5.41, 5.74) is 1.81. The van der Waals surface area contributed by atoms with Crippen LogP contribution < -0.4 is 14.5 Å². The highest BCUT2D eigenvalue weighted by atomic mass is 79.9. The van der Waals surface area contributed by atoms with Gasteiger partial charge in [-0.1, -0.05) is 36.4 Å². The van der Waals surface area contributed by atoms with Gasteiger partial charge in [-0.15, -0.1) is 0 Å². The number of para-hydroxylation sites is 2. The molecule has 0 atom stereocenters. The van der Waals surface area contributed by atoms with Gasteiger partial charge in [0.2, 0.25) is 0 Å². The van der Waals surface area contributed by atoms with Gasteiger partial charge in [0.1, 0.15) is 11.3 Å². The van der Waals surface area contributed by atoms with Gasteiger partial charge >= 0.3 is 0 Å². The lowest BCUT2D eigenvalue weighted by Crippen LogP contribution is -2.56. The maximum absolute atomic E-state index is 13.5. The molecule has 0 aliphatic carbocycles. The van der Waals surface area contributed by atoms with E-state index in [4.69, 9.17) is 17.0 Å². The Kier molecular flexibility index (Phi) is 6.55. The van der Waals surface area contributed by atoms with Gasteiger partial charge < -0.3 is 4.74 Å². The van der Waals surface area contributed by atoms with Crippen molar-refractivity contribution in [3.8, 4) is 5.75 Å². The zero-order valence-electron chi connectivity index (χ0n) is 16.8. The van der Waals surface area contributed by atoms with Crippen LogP contribution in [0.15, 0.2) is 87.3 Å².